The molecule has 0 saturated heterocycles. The number of ether oxygens (including phenoxy) is 1. The van der Waals surface area contributed by atoms with Crippen LogP contribution in [0.3, 0.4) is 0 Å². The molecule has 0 N–H and O–H groups in total. The molecule has 2 aliphatic carbocycles. The second-order valence-corrected chi connectivity index (χ2v) is 4.80. The van der Waals surface area contributed by atoms with E-state index >= 15 is 0 Å². The number of nitrogens with zero attached hydrogens (tertiary/aromatic N) is 2. The number of fused-ring (bicyclic) bond motifs is 1. The van der Waals surface area contributed by atoms with Crippen molar-refractivity contribution < 1.29 is 13.9 Å². The van der Waals surface area contributed by atoms with Crippen LogP contribution in [-0.2, 0) is 4.74 Å². The van der Waals surface area contributed by atoms with Gasteiger partial charge in [-0.25, -0.2) is 4.79 Å². The molecule has 0 aliphatic heterocycles. The monoisotopic (exact) mass is 236 g/mol. The van der Waals surface area contributed by atoms with E-state index in [4.69, 9.17) is 9.15 Å². The van der Waals surface area contributed by atoms with E-state index in [2.05, 4.69) is 10.2 Å². The third-order valence-corrected chi connectivity index (χ3v) is 3.83. The second-order valence-electron chi connectivity index (χ2n) is 4.80. The maximum Gasteiger partial charge on any atom is 0.396 e. The fourth-order valence-corrected chi connectivity index (χ4v) is 3.00. The van der Waals surface area contributed by atoms with Crippen LogP contribution >= 0.6 is 0 Å². The Labute approximate surface area is 99.5 Å². The minimum Gasteiger partial charge on any atom is -0.459 e. The van der Waals surface area contributed by atoms with Gasteiger partial charge in [-0.15, -0.1) is 10.2 Å². The summed E-state index contributed by atoms with van der Waals surface area (Å²) >= 11 is 0. The maximum absolute atomic E-state index is 11.4. The lowest BCUT2D eigenvalue weighted by Gasteiger charge is -2.04. The van der Waals surface area contributed by atoms with Gasteiger partial charge in [0.1, 0.15) is 0 Å². The third-order valence-electron chi connectivity index (χ3n) is 3.83. The average Bonchev–Trinajstić information content (AvgIpc) is 2.86. The molecule has 1 aromatic heterocycles. The number of aromatic nitrogens is 2. The molecule has 1 heterocycles. The van der Waals surface area contributed by atoms with Crippen molar-refractivity contribution in [2.24, 2.45) is 11.8 Å². The SMILES string of the molecule is CCOC(=O)c1nnc(C2C3CCCCC32)o1. The van der Waals surface area contributed by atoms with E-state index in [0.29, 0.717) is 30.3 Å². The molecule has 0 bridgehead atoms. The number of hydrogen-bond acceptors (Lipinski definition) is 5. The number of carbonyl (C=O) groups excluding carboxylic acids is 1. The lowest BCUT2D eigenvalue weighted by atomic mass is 10.0. The van der Waals surface area contributed by atoms with Crippen molar-refractivity contribution in [3.63, 3.8) is 0 Å². The molecule has 1 aromatic rings. The van der Waals surface area contributed by atoms with Crippen LogP contribution in [0.1, 0.15) is 55.1 Å². The van der Waals surface area contributed by atoms with Gasteiger partial charge in [-0.05, 0) is 31.6 Å². The van der Waals surface area contributed by atoms with Crippen LogP contribution in [0.4, 0.5) is 0 Å². The van der Waals surface area contributed by atoms with Gasteiger partial charge in [0, 0.05) is 5.92 Å². The normalized spacial score (nSPS) is 30.8. The molecule has 0 aromatic carbocycles. The molecule has 17 heavy (non-hydrogen) atoms. The van der Waals surface area contributed by atoms with Crippen LogP contribution in [0.2, 0.25) is 0 Å². The molecule has 0 spiro atoms. The fourth-order valence-electron chi connectivity index (χ4n) is 3.00. The molecule has 2 fully saturated rings. The standard InChI is InChI=1S/C12H16N2O3/c1-2-16-12(15)11-14-13-10(17-11)9-7-5-3-4-6-8(7)9/h7-9H,2-6H2,1H3. The van der Waals surface area contributed by atoms with Gasteiger partial charge in [-0.3, -0.25) is 0 Å². The molecular formula is C12H16N2O3. The summed E-state index contributed by atoms with van der Waals surface area (Å²) in [6.45, 7) is 2.08. The minimum atomic E-state index is -0.519. The van der Waals surface area contributed by atoms with Gasteiger partial charge in [-0.1, -0.05) is 12.8 Å². The highest BCUT2D eigenvalue weighted by Crippen LogP contribution is 2.60. The molecule has 2 atom stereocenters. The molecule has 0 amide bonds. The van der Waals surface area contributed by atoms with E-state index < -0.39 is 5.97 Å². The zero-order valence-electron chi connectivity index (χ0n) is 9.89. The van der Waals surface area contributed by atoms with Gasteiger partial charge in [0.05, 0.1) is 6.61 Å². The Kier molecular flexibility index (Phi) is 2.61. The van der Waals surface area contributed by atoms with Crippen LogP contribution < -0.4 is 0 Å². The highest BCUT2D eigenvalue weighted by molar-refractivity contribution is 5.83. The largest absolute Gasteiger partial charge is 0.459 e. The molecule has 5 heteroatoms. The van der Waals surface area contributed by atoms with Crippen molar-refractivity contribution in [3.8, 4) is 0 Å². The summed E-state index contributed by atoms with van der Waals surface area (Å²) in [6, 6.07) is 0. The van der Waals surface area contributed by atoms with Gasteiger partial charge in [0.2, 0.25) is 5.89 Å². The van der Waals surface area contributed by atoms with Crippen LogP contribution in [0.5, 0.6) is 0 Å². The summed E-state index contributed by atoms with van der Waals surface area (Å²) in [5.74, 6) is 1.91. The Morgan fingerprint density at radius 3 is 2.71 bits per heavy atom. The fraction of sp³-hybridized carbons (Fsp3) is 0.750. The molecular weight excluding hydrogens is 220 g/mol. The van der Waals surface area contributed by atoms with E-state index in [1.807, 2.05) is 0 Å². The van der Waals surface area contributed by atoms with Crippen molar-refractivity contribution >= 4 is 5.97 Å². The molecule has 92 valence electrons. The summed E-state index contributed by atoms with van der Waals surface area (Å²) in [4.78, 5) is 11.4. The first-order valence-corrected chi connectivity index (χ1v) is 6.31. The van der Waals surface area contributed by atoms with Gasteiger partial charge in [0.15, 0.2) is 0 Å². The molecule has 3 rings (SSSR count). The summed E-state index contributed by atoms with van der Waals surface area (Å²) in [5.41, 5.74) is 0. The maximum atomic E-state index is 11.4. The van der Waals surface area contributed by atoms with Gasteiger partial charge < -0.3 is 9.15 Å². The summed E-state index contributed by atoms with van der Waals surface area (Å²) in [7, 11) is 0. The topological polar surface area (TPSA) is 65.2 Å². The highest BCUT2D eigenvalue weighted by Gasteiger charge is 2.54. The zero-order chi connectivity index (χ0) is 11.8. The molecule has 5 nitrogen and oxygen atoms in total. The first-order chi connectivity index (χ1) is 8.31. The summed E-state index contributed by atoms with van der Waals surface area (Å²) in [6.07, 6.45) is 5.12. The second kappa shape index (κ2) is 4.13. The smallest absolute Gasteiger partial charge is 0.396 e. The molecule has 2 saturated carbocycles. The van der Waals surface area contributed by atoms with E-state index in [0.717, 1.165) is 0 Å². The Morgan fingerprint density at radius 2 is 2.06 bits per heavy atom. The van der Waals surface area contributed by atoms with E-state index in [-0.39, 0.29) is 5.89 Å². The third kappa shape index (κ3) is 1.83. The summed E-state index contributed by atoms with van der Waals surface area (Å²) < 4.78 is 10.2. The lowest BCUT2D eigenvalue weighted by Crippen LogP contribution is -2.04. The van der Waals surface area contributed by atoms with Crippen LogP contribution in [0.25, 0.3) is 0 Å². The van der Waals surface area contributed by atoms with E-state index in [1.54, 1.807) is 6.92 Å². The number of carbonyl (C=O) groups is 1. The Morgan fingerprint density at radius 1 is 1.35 bits per heavy atom. The van der Waals surface area contributed by atoms with Gasteiger partial charge >= 0.3 is 11.9 Å². The Balaban J connectivity index is 1.71. The lowest BCUT2D eigenvalue weighted by molar-refractivity contribution is 0.0478. The first-order valence-electron chi connectivity index (χ1n) is 6.31. The van der Waals surface area contributed by atoms with Crippen LogP contribution in [-0.4, -0.2) is 22.8 Å². The van der Waals surface area contributed by atoms with Gasteiger partial charge in [0.25, 0.3) is 0 Å². The van der Waals surface area contributed by atoms with Gasteiger partial charge in [-0.2, -0.15) is 0 Å². The van der Waals surface area contributed by atoms with Crippen molar-refractivity contribution in [1.82, 2.24) is 10.2 Å². The predicted octanol–water partition coefficient (Wildman–Crippen LogP) is 2.15. The molecule has 0 radical (unpaired) electrons. The molecule has 2 aliphatic rings. The van der Waals surface area contributed by atoms with Crippen molar-refractivity contribution in [3.05, 3.63) is 11.8 Å². The Hall–Kier alpha value is -1.39. The quantitative estimate of drug-likeness (QED) is 0.752. The number of hydrogen-bond donors (Lipinski definition) is 0. The number of esters is 1. The van der Waals surface area contributed by atoms with Crippen LogP contribution in [0, 0.1) is 11.8 Å². The van der Waals surface area contributed by atoms with Crippen molar-refractivity contribution in [1.29, 1.82) is 0 Å². The van der Waals surface area contributed by atoms with E-state index in [9.17, 15) is 4.79 Å². The first kappa shape index (κ1) is 10.7. The van der Waals surface area contributed by atoms with Crippen molar-refractivity contribution in [2.75, 3.05) is 6.61 Å². The predicted molar refractivity (Wildman–Crippen MR) is 58.4 cm³/mol. The Bertz CT molecular complexity index is 417. The highest BCUT2D eigenvalue weighted by atomic mass is 16.5. The van der Waals surface area contributed by atoms with Crippen LogP contribution in [0.15, 0.2) is 4.42 Å². The number of rotatable bonds is 3. The average molecular weight is 236 g/mol. The summed E-state index contributed by atoms with van der Waals surface area (Å²) in [5, 5.41) is 7.75. The van der Waals surface area contributed by atoms with Crippen molar-refractivity contribution in [2.45, 2.75) is 38.5 Å². The van der Waals surface area contributed by atoms with E-state index in [1.165, 1.54) is 25.7 Å². The molecule has 2 unspecified atom stereocenters. The minimum absolute atomic E-state index is 0.00880. The zero-order valence-corrected chi connectivity index (χ0v) is 9.89.